The number of aliphatic hydroxyl groups is 1. The first-order chi connectivity index (χ1) is 17.8. The van der Waals surface area contributed by atoms with Crippen molar-refractivity contribution in [3.05, 3.63) is 41.2 Å². The number of alkyl halides is 5. The molecule has 0 bridgehead atoms. The molecule has 6 atom stereocenters. The molecule has 0 spiro atoms. The minimum atomic E-state index is -5.95. The average molecular weight is 548 g/mol. The molecule has 0 unspecified atom stereocenters. The lowest BCUT2D eigenvalue weighted by Crippen LogP contribution is -2.47. The maximum Gasteiger partial charge on any atom is 0.460 e. The number of unbranched alkanes of at least 4 members (excludes halogenated alkanes) is 2. The largest absolute Gasteiger partial charge is 0.508 e. The minimum absolute atomic E-state index is 0.0879. The molecule has 214 valence electrons. The van der Waals surface area contributed by atoms with E-state index in [1.54, 1.807) is 13.1 Å². The Bertz CT molecular complexity index is 1010. The molecule has 0 aromatic heterocycles. The summed E-state index contributed by atoms with van der Waals surface area (Å²) in [5.74, 6) is -5.85. The van der Waals surface area contributed by atoms with E-state index in [9.17, 15) is 36.6 Å². The fourth-order valence-corrected chi connectivity index (χ4v) is 7.69. The number of aromatic hydroxyl groups is 1. The highest BCUT2D eigenvalue weighted by Gasteiger charge is 2.61. The molecule has 2 fully saturated rings. The number of hydrogen-bond acceptors (Lipinski definition) is 3. The summed E-state index contributed by atoms with van der Waals surface area (Å²) in [6.45, 7) is 2.37. The molecule has 4 rings (SSSR count). The second-order valence-corrected chi connectivity index (χ2v) is 12.0. The van der Waals surface area contributed by atoms with Crippen LogP contribution < -0.4 is 0 Å². The van der Waals surface area contributed by atoms with Crippen LogP contribution in [0.4, 0.5) is 26.3 Å². The van der Waals surface area contributed by atoms with Gasteiger partial charge in [-0.25, -0.2) is 4.39 Å². The van der Waals surface area contributed by atoms with Crippen molar-refractivity contribution >= 4 is 0 Å². The molecule has 0 aliphatic heterocycles. The van der Waals surface area contributed by atoms with E-state index < -0.39 is 17.9 Å². The van der Waals surface area contributed by atoms with Crippen LogP contribution in [0.15, 0.2) is 30.1 Å². The highest BCUT2D eigenvalue weighted by Crippen LogP contribution is 2.63. The Balaban J connectivity index is 1.34. The monoisotopic (exact) mass is 547 g/mol. The molecular weight excluding hydrogens is 508 g/mol. The van der Waals surface area contributed by atoms with Gasteiger partial charge in [-0.3, -0.25) is 0 Å². The summed E-state index contributed by atoms with van der Waals surface area (Å²) in [7, 11) is 1.57. The molecule has 3 aliphatic carbocycles. The fraction of sp³-hybridized carbons (Fsp3) is 0.724. The van der Waals surface area contributed by atoms with E-state index in [1.807, 2.05) is 6.07 Å². The molecule has 0 radical (unpaired) electrons. The van der Waals surface area contributed by atoms with Crippen molar-refractivity contribution in [2.75, 3.05) is 20.1 Å². The molecule has 3 nitrogen and oxygen atoms in total. The van der Waals surface area contributed by atoms with Crippen LogP contribution in [0.1, 0.15) is 75.3 Å². The van der Waals surface area contributed by atoms with E-state index in [0.29, 0.717) is 36.3 Å². The van der Waals surface area contributed by atoms with E-state index in [-0.39, 0.29) is 23.8 Å². The number of nitrogens with zero attached hydrogens (tertiary/aromatic N) is 1. The number of hydrogen-bond donors (Lipinski definition) is 2. The van der Waals surface area contributed by atoms with E-state index in [0.717, 1.165) is 57.8 Å². The molecule has 0 amide bonds. The zero-order valence-corrected chi connectivity index (χ0v) is 22.1. The Morgan fingerprint density at radius 3 is 2.55 bits per heavy atom. The summed E-state index contributed by atoms with van der Waals surface area (Å²) >= 11 is 0. The zero-order valence-electron chi connectivity index (χ0n) is 22.1. The van der Waals surface area contributed by atoms with Gasteiger partial charge in [-0.05, 0) is 117 Å². The van der Waals surface area contributed by atoms with E-state index in [4.69, 9.17) is 0 Å². The van der Waals surface area contributed by atoms with Gasteiger partial charge in [0.2, 0.25) is 0 Å². The normalized spacial score (nSPS) is 31.7. The summed E-state index contributed by atoms with van der Waals surface area (Å²) in [6, 6.07) is 5.73. The lowest BCUT2D eigenvalue weighted by atomic mass is 9.51. The summed E-state index contributed by atoms with van der Waals surface area (Å²) in [5, 5.41) is 20.9. The number of halogens is 6. The third kappa shape index (κ3) is 5.60. The van der Waals surface area contributed by atoms with Crippen molar-refractivity contribution in [2.24, 2.45) is 23.2 Å². The Kier molecular flexibility index (Phi) is 8.49. The predicted octanol–water partition coefficient (Wildman–Crippen LogP) is 7.38. The Morgan fingerprint density at radius 1 is 1.11 bits per heavy atom. The lowest BCUT2D eigenvalue weighted by Gasteiger charge is -2.54. The molecule has 3 aliphatic rings. The van der Waals surface area contributed by atoms with Crippen LogP contribution in [0.3, 0.4) is 0 Å². The van der Waals surface area contributed by atoms with Crippen LogP contribution in [0.2, 0.25) is 0 Å². The zero-order chi connectivity index (χ0) is 27.9. The van der Waals surface area contributed by atoms with Gasteiger partial charge in [-0.15, -0.1) is 0 Å². The predicted molar refractivity (Wildman–Crippen MR) is 134 cm³/mol. The summed E-state index contributed by atoms with van der Waals surface area (Å²) in [6.07, 6.45) is 2.40. The van der Waals surface area contributed by atoms with Gasteiger partial charge in [0, 0.05) is 6.54 Å². The van der Waals surface area contributed by atoms with Crippen LogP contribution in [0.5, 0.6) is 5.75 Å². The molecule has 2 saturated carbocycles. The number of aryl methyl sites for hydroxylation is 1. The van der Waals surface area contributed by atoms with Crippen molar-refractivity contribution in [1.82, 2.24) is 4.90 Å². The van der Waals surface area contributed by atoms with Gasteiger partial charge in [-0.1, -0.05) is 25.8 Å². The minimum Gasteiger partial charge on any atom is -0.508 e. The first-order valence-corrected chi connectivity index (χ1v) is 13.7. The van der Waals surface area contributed by atoms with Crippen molar-refractivity contribution < 1.29 is 36.6 Å². The smallest absolute Gasteiger partial charge is 0.460 e. The number of aliphatic hydroxyl groups excluding tert-OH is 1. The molecular formula is C29H39F6NO2. The van der Waals surface area contributed by atoms with Gasteiger partial charge in [-0.2, -0.15) is 22.0 Å². The van der Waals surface area contributed by atoms with Crippen molar-refractivity contribution in [1.29, 1.82) is 0 Å². The van der Waals surface area contributed by atoms with Gasteiger partial charge < -0.3 is 15.1 Å². The van der Waals surface area contributed by atoms with Crippen LogP contribution in [-0.2, 0) is 6.42 Å². The molecule has 0 heterocycles. The van der Waals surface area contributed by atoms with Gasteiger partial charge in [0.15, 0.2) is 5.83 Å². The number of benzene rings is 1. The lowest BCUT2D eigenvalue weighted by molar-refractivity contribution is -0.270. The van der Waals surface area contributed by atoms with Crippen molar-refractivity contribution in [2.45, 2.75) is 88.8 Å². The molecule has 0 saturated heterocycles. The first kappa shape index (κ1) is 29.2. The second-order valence-electron chi connectivity index (χ2n) is 12.0. The summed E-state index contributed by atoms with van der Waals surface area (Å²) < 4.78 is 76.4. The maximum atomic E-state index is 13.4. The Hall–Kier alpha value is -1.74. The number of rotatable bonds is 9. The van der Waals surface area contributed by atoms with E-state index in [1.165, 1.54) is 16.0 Å². The highest BCUT2D eigenvalue weighted by atomic mass is 19.4. The van der Waals surface area contributed by atoms with Crippen molar-refractivity contribution in [3.63, 3.8) is 0 Å². The number of likely N-dealkylation sites (N-methyl/N-ethyl adjacent to an activating group) is 1. The third-order valence-electron chi connectivity index (χ3n) is 9.63. The third-order valence-corrected chi connectivity index (χ3v) is 9.63. The van der Waals surface area contributed by atoms with E-state index in [2.05, 4.69) is 13.0 Å². The van der Waals surface area contributed by atoms with Crippen LogP contribution in [0.25, 0.3) is 0 Å². The molecule has 1 aromatic rings. The highest BCUT2D eigenvalue weighted by molar-refractivity contribution is 5.40. The standard InChI is InChI=1S/C29H39F6NO2/c1-27-17-19(6-4-3-5-14-36(2)15-13-24(30)28(31,32)29(33,34)35)26-21-10-8-20(37)16-18(21)7-9-22(26)23(27)11-12-25(27)38/h8,10,13,16,19,22-23,25-26,37-38H,3-7,9,11-12,14-15,17H2,1-2H3/b24-13-/t19-,22-,23-,25-,26+,27-/m0/s1. The van der Waals surface area contributed by atoms with Crippen LogP contribution in [0, 0.1) is 23.2 Å². The van der Waals surface area contributed by atoms with Gasteiger partial charge in [0.1, 0.15) is 5.75 Å². The van der Waals surface area contributed by atoms with E-state index >= 15 is 0 Å². The van der Waals surface area contributed by atoms with Gasteiger partial charge in [0.25, 0.3) is 0 Å². The average Bonchev–Trinajstić information content (AvgIpc) is 3.14. The van der Waals surface area contributed by atoms with Crippen molar-refractivity contribution in [3.8, 4) is 5.75 Å². The van der Waals surface area contributed by atoms with Gasteiger partial charge in [0.05, 0.1) is 6.10 Å². The van der Waals surface area contributed by atoms with Crippen LogP contribution >= 0.6 is 0 Å². The fourth-order valence-electron chi connectivity index (χ4n) is 7.69. The number of phenols is 1. The first-order valence-electron chi connectivity index (χ1n) is 13.7. The number of fused-ring (bicyclic) bond motifs is 5. The number of allylic oxidation sites excluding steroid dienone is 1. The summed E-state index contributed by atoms with van der Waals surface area (Å²) in [4.78, 5) is 1.53. The number of phenolic OH excluding ortho intramolecular Hbond substituents is 1. The van der Waals surface area contributed by atoms with Gasteiger partial charge >= 0.3 is 12.1 Å². The quantitative estimate of drug-likeness (QED) is 0.251. The maximum absolute atomic E-state index is 13.4. The molecule has 38 heavy (non-hydrogen) atoms. The summed E-state index contributed by atoms with van der Waals surface area (Å²) in [5.41, 5.74) is 2.46. The molecule has 1 aromatic carbocycles. The second kappa shape index (κ2) is 11.0. The topological polar surface area (TPSA) is 43.7 Å². The molecule has 2 N–H and O–H groups in total. The molecule has 9 heteroatoms. The Morgan fingerprint density at radius 2 is 1.84 bits per heavy atom. The SMILES string of the molecule is CN(C/C=C(\F)C(F)(F)C(F)(F)F)CCCCC[C@H]1C[C@]2(C)[C@@H](O)CC[C@H]2[C@@H]2CCc3cc(O)ccc3[C@@H]12. The van der Waals surface area contributed by atoms with Crippen LogP contribution in [-0.4, -0.2) is 53.5 Å². The Labute approximate surface area is 220 Å².